The van der Waals surface area contributed by atoms with Crippen LogP contribution in [0.15, 0.2) is 24.3 Å². The minimum Gasteiger partial charge on any atom is -0.480 e. The SMILES string of the molecule is Cc1ccc(C[C@@H](NC(=O)[C@@H]2CCOC2)C(=O)O)cc1. The molecule has 1 aliphatic heterocycles. The number of carboxylic acid groups (broad SMARTS) is 1. The highest BCUT2D eigenvalue weighted by molar-refractivity contribution is 5.85. The number of benzene rings is 1. The number of carboxylic acids is 1. The van der Waals surface area contributed by atoms with E-state index >= 15 is 0 Å². The van der Waals surface area contributed by atoms with Crippen molar-refractivity contribution in [2.45, 2.75) is 25.8 Å². The Morgan fingerprint density at radius 1 is 1.40 bits per heavy atom. The highest BCUT2D eigenvalue weighted by atomic mass is 16.5. The summed E-state index contributed by atoms with van der Waals surface area (Å²) in [6, 6.07) is 6.74. The van der Waals surface area contributed by atoms with Gasteiger partial charge in [-0.3, -0.25) is 4.79 Å². The van der Waals surface area contributed by atoms with E-state index in [4.69, 9.17) is 4.74 Å². The maximum Gasteiger partial charge on any atom is 0.326 e. The second-order valence-corrected chi connectivity index (χ2v) is 5.15. The Bertz CT molecular complexity index is 477. The molecule has 2 N–H and O–H groups in total. The predicted octanol–water partition coefficient (Wildman–Crippen LogP) is 1.14. The van der Waals surface area contributed by atoms with Crippen LogP contribution in [0.4, 0.5) is 0 Å². The molecule has 1 aromatic rings. The lowest BCUT2D eigenvalue weighted by atomic mass is 10.0. The zero-order valence-electron chi connectivity index (χ0n) is 11.5. The molecular weight excluding hydrogens is 258 g/mol. The molecule has 2 atom stereocenters. The van der Waals surface area contributed by atoms with Crippen molar-refractivity contribution in [1.82, 2.24) is 5.32 Å². The van der Waals surface area contributed by atoms with Gasteiger partial charge in [0.15, 0.2) is 0 Å². The lowest BCUT2D eigenvalue weighted by Gasteiger charge is -2.17. The molecule has 0 unspecified atom stereocenters. The predicted molar refractivity (Wildman–Crippen MR) is 73.4 cm³/mol. The Kier molecular flexibility index (Phi) is 4.74. The second-order valence-electron chi connectivity index (χ2n) is 5.15. The van der Waals surface area contributed by atoms with Gasteiger partial charge >= 0.3 is 5.97 Å². The van der Waals surface area contributed by atoms with Crippen molar-refractivity contribution >= 4 is 11.9 Å². The van der Waals surface area contributed by atoms with Crippen LogP contribution in [0.5, 0.6) is 0 Å². The molecular formula is C15H19NO4. The smallest absolute Gasteiger partial charge is 0.326 e. The van der Waals surface area contributed by atoms with Gasteiger partial charge in [-0.05, 0) is 18.9 Å². The minimum absolute atomic E-state index is 0.227. The molecule has 1 fully saturated rings. The zero-order chi connectivity index (χ0) is 14.5. The minimum atomic E-state index is -1.02. The summed E-state index contributed by atoms with van der Waals surface area (Å²) in [5.41, 5.74) is 2.01. The van der Waals surface area contributed by atoms with E-state index in [0.717, 1.165) is 11.1 Å². The van der Waals surface area contributed by atoms with E-state index in [1.165, 1.54) is 0 Å². The highest BCUT2D eigenvalue weighted by Crippen LogP contribution is 2.13. The molecule has 1 aliphatic rings. The lowest BCUT2D eigenvalue weighted by molar-refractivity contribution is -0.142. The third-order valence-corrected chi connectivity index (χ3v) is 3.48. The third-order valence-electron chi connectivity index (χ3n) is 3.48. The van der Waals surface area contributed by atoms with Crippen LogP contribution in [-0.2, 0) is 20.7 Å². The molecule has 0 saturated carbocycles. The quantitative estimate of drug-likeness (QED) is 0.846. The molecule has 0 aromatic heterocycles. The van der Waals surface area contributed by atoms with Gasteiger partial charge in [0.05, 0.1) is 12.5 Å². The number of nitrogens with one attached hydrogen (secondary N) is 1. The first-order valence-electron chi connectivity index (χ1n) is 6.72. The number of hydrogen-bond donors (Lipinski definition) is 2. The molecule has 0 radical (unpaired) electrons. The molecule has 1 saturated heterocycles. The van der Waals surface area contributed by atoms with E-state index in [9.17, 15) is 14.7 Å². The number of carbonyl (C=O) groups excluding carboxylic acids is 1. The number of rotatable bonds is 5. The Morgan fingerprint density at radius 2 is 2.10 bits per heavy atom. The van der Waals surface area contributed by atoms with Crippen LogP contribution in [0, 0.1) is 12.8 Å². The monoisotopic (exact) mass is 277 g/mol. The van der Waals surface area contributed by atoms with Crippen LogP contribution < -0.4 is 5.32 Å². The van der Waals surface area contributed by atoms with E-state index in [1.807, 2.05) is 31.2 Å². The third kappa shape index (κ3) is 3.81. The Morgan fingerprint density at radius 3 is 2.65 bits per heavy atom. The average Bonchev–Trinajstić information content (AvgIpc) is 2.94. The standard InChI is InChI=1S/C15H19NO4/c1-10-2-4-11(5-3-10)8-13(15(18)19)16-14(17)12-6-7-20-9-12/h2-5,12-13H,6-9H2,1H3,(H,16,17)(H,18,19)/t12-,13-/m1/s1. The first-order chi connectivity index (χ1) is 9.56. The van der Waals surface area contributed by atoms with Crippen molar-refractivity contribution < 1.29 is 19.4 Å². The summed E-state index contributed by atoms with van der Waals surface area (Å²) in [5.74, 6) is -1.48. The zero-order valence-corrected chi connectivity index (χ0v) is 11.5. The summed E-state index contributed by atoms with van der Waals surface area (Å²) >= 11 is 0. The lowest BCUT2D eigenvalue weighted by Crippen LogP contribution is -2.45. The van der Waals surface area contributed by atoms with Crippen LogP contribution in [0.1, 0.15) is 17.5 Å². The summed E-state index contributed by atoms with van der Waals surface area (Å²) in [5, 5.41) is 11.8. The molecule has 0 aliphatic carbocycles. The number of hydrogen-bond acceptors (Lipinski definition) is 3. The van der Waals surface area contributed by atoms with Gasteiger partial charge in [-0.15, -0.1) is 0 Å². The van der Waals surface area contributed by atoms with E-state index in [2.05, 4.69) is 5.32 Å². The van der Waals surface area contributed by atoms with Gasteiger partial charge in [0.2, 0.25) is 5.91 Å². The number of ether oxygens (including phenoxy) is 1. The van der Waals surface area contributed by atoms with E-state index in [0.29, 0.717) is 19.6 Å². The Labute approximate surface area is 117 Å². The summed E-state index contributed by atoms with van der Waals surface area (Å²) in [7, 11) is 0. The molecule has 5 nitrogen and oxygen atoms in total. The molecule has 108 valence electrons. The topological polar surface area (TPSA) is 75.6 Å². The maximum atomic E-state index is 12.0. The van der Waals surface area contributed by atoms with Crippen molar-refractivity contribution in [3.05, 3.63) is 35.4 Å². The molecule has 20 heavy (non-hydrogen) atoms. The maximum absolute atomic E-state index is 12.0. The Balaban J connectivity index is 1.98. The fourth-order valence-corrected chi connectivity index (χ4v) is 2.19. The Hall–Kier alpha value is -1.88. The summed E-state index contributed by atoms with van der Waals surface area (Å²) < 4.78 is 5.14. The fourth-order valence-electron chi connectivity index (χ4n) is 2.19. The van der Waals surface area contributed by atoms with Crippen LogP contribution >= 0.6 is 0 Å². The number of aryl methyl sites for hydroxylation is 1. The van der Waals surface area contributed by atoms with E-state index in [1.54, 1.807) is 0 Å². The van der Waals surface area contributed by atoms with Crippen LogP contribution in [0.3, 0.4) is 0 Å². The molecule has 1 aromatic carbocycles. The normalized spacial score (nSPS) is 19.6. The molecule has 0 bridgehead atoms. The van der Waals surface area contributed by atoms with Gasteiger partial charge in [-0.2, -0.15) is 0 Å². The average molecular weight is 277 g/mol. The number of carbonyl (C=O) groups is 2. The van der Waals surface area contributed by atoms with Crippen LogP contribution in [-0.4, -0.2) is 36.2 Å². The number of aliphatic carboxylic acids is 1. The van der Waals surface area contributed by atoms with Crippen molar-refractivity contribution in [2.75, 3.05) is 13.2 Å². The van der Waals surface area contributed by atoms with Gasteiger partial charge in [-0.25, -0.2) is 4.79 Å². The van der Waals surface area contributed by atoms with E-state index < -0.39 is 12.0 Å². The first kappa shape index (κ1) is 14.5. The fraction of sp³-hybridized carbons (Fsp3) is 0.467. The van der Waals surface area contributed by atoms with Gasteiger partial charge in [0.25, 0.3) is 0 Å². The largest absolute Gasteiger partial charge is 0.480 e. The first-order valence-corrected chi connectivity index (χ1v) is 6.72. The van der Waals surface area contributed by atoms with Crippen molar-refractivity contribution in [3.63, 3.8) is 0 Å². The molecule has 5 heteroatoms. The van der Waals surface area contributed by atoms with Crippen molar-refractivity contribution in [1.29, 1.82) is 0 Å². The molecule has 1 amide bonds. The van der Waals surface area contributed by atoms with Crippen molar-refractivity contribution in [2.24, 2.45) is 5.92 Å². The van der Waals surface area contributed by atoms with Crippen molar-refractivity contribution in [3.8, 4) is 0 Å². The van der Waals surface area contributed by atoms with Crippen LogP contribution in [0.2, 0.25) is 0 Å². The highest BCUT2D eigenvalue weighted by Gasteiger charge is 2.28. The van der Waals surface area contributed by atoms with E-state index in [-0.39, 0.29) is 18.2 Å². The number of amides is 1. The molecule has 0 spiro atoms. The van der Waals surface area contributed by atoms with Crippen LogP contribution in [0.25, 0.3) is 0 Å². The summed E-state index contributed by atoms with van der Waals surface area (Å²) in [6.07, 6.45) is 0.942. The van der Waals surface area contributed by atoms with Gasteiger partial charge in [-0.1, -0.05) is 29.8 Å². The molecule has 1 heterocycles. The van der Waals surface area contributed by atoms with Gasteiger partial charge < -0.3 is 15.2 Å². The van der Waals surface area contributed by atoms with Gasteiger partial charge in [0.1, 0.15) is 6.04 Å². The summed E-state index contributed by atoms with van der Waals surface area (Å²) in [6.45, 7) is 2.91. The summed E-state index contributed by atoms with van der Waals surface area (Å²) in [4.78, 5) is 23.2. The second kappa shape index (κ2) is 6.52. The van der Waals surface area contributed by atoms with Gasteiger partial charge in [0, 0.05) is 13.0 Å². The molecule has 2 rings (SSSR count).